The van der Waals surface area contributed by atoms with Crippen LogP contribution in [-0.2, 0) is 4.74 Å². The van der Waals surface area contributed by atoms with Gasteiger partial charge in [-0.05, 0) is 12.8 Å². The van der Waals surface area contributed by atoms with Crippen LogP contribution in [0, 0.1) is 0 Å². The number of anilines is 2. The minimum atomic E-state index is -0.789. The lowest BCUT2D eigenvalue weighted by Crippen LogP contribution is -2.19. The molecule has 2 rings (SSSR count). The highest BCUT2D eigenvalue weighted by atomic mass is 16.5. The summed E-state index contributed by atoms with van der Waals surface area (Å²) in [4.78, 5) is 19.0. The largest absolute Gasteiger partial charge is 0.448 e. The van der Waals surface area contributed by atoms with Crippen molar-refractivity contribution in [1.82, 2.24) is 9.97 Å². The first-order valence-corrected chi connectivity index (χ1v) is 5.70. The number of primary amides is 1. The van der Waals surface area contributed by atoms with Gasteiger partial charge in [-0.1, -0.05) is 0 Å². The fraction of sp³-hybridized carbons (Fsp3) is 0.500. The van der Waals surface area contributed by atoms with Gasteiger partial charge in [0.15, 0.2) is 0 Å². The van der Waals surface area contributed by atoms with E-state index in [0.717, 1.165) is 18.7 Å². The monoisotopic (exact) mass is 252 g/mol. The van der Waals surface area contributed by atoms with Crippen molar-refractivity contribution in [3.05, 3.63) is 11.9 Å². The highest BCUT2D eigenvalue weighted by Crippen LogP contribution is 2.38. The van der Waals surface area contributed by atoms with Gasteiger partial charge < -0.3 is 21.2 Å². The predicted octanol–water partition coefficient (Wildman–Crippen LogP) is 0.147. The number of nitrogens with zero attached hydrogens (tertiary/aromatic N) is 2. The Morgan fingerprint density at radius 2 is 2.17 bits per heavy atom. The molecular formula is C10H16N6O2. The Hall–Kier alpha value is -2.09. The molecule has 98 valence electrons. The van der Waals surface area contributed by atoms with E-state index in [2.05, 4.69) is 25.4 Å². The maximum atomic E-state index is 10.4. The van der Waals surface area contributed by atoms with Gasteiger partial charge in [0, 0.05) is 12.0 Å². The van der Waals surface area contributed by atoms with Gasteiger partial charge >= 0.3 is 6.09 Å². The fourth-order valence-corrected chi connectivity index (χ4v) is 1.49. The third-order valence-electron chi connectivity index (χ3n) is 2.49. The summed E-state index contributed by atoms with van der Waals surface area (Å²) in [6.45, 7) is 0.609. The van der Waals surface area contributed by atoms with Crippen molar-refractivity contribution in [1.29, 1.82) is 0 Å². The number of carbonyl (C=O) groups excluding carboxylic acids is 1. The van der Waals surface area contributed by atoms with E-state index in [1.54, 1.807) is 6.07 Å². The van der Waals surface area contributed by atoms with Gasteiger partial charge in [0.05, 0.1) is 6.54 Å². The second kappa shape index (κ2) is 5.50. The van der Waals surface area contributed by atoms with Gasteiger partial charge in [0.2, 0.25) is 0 Å². The summed E-state index contributed by atoms with van der Waals surface area (Å²) >= 11 is 0. The Kier molecular flexibility index (Phi) is 3.78. The molecule has 1 amide bonds. The van der Waals surface area contributed by atoms with Crippen molar-refractivity contribution in [2.75, 3.05) is 23.9 Å². The van der Waals surface area contributed by atoms with Crippen LogP contribution in [0.15, 0.2) is 6.07 Å². The van der Waals surface area contributed by atoms with Crippen LogP contribution in [0.2, 0.25) is 0 Å². The maximum Gasteiger partial charge on any atom is 0.404 e. The van der Waals surface area contributed by atoms with Crippen LogP contribution in [0.3, 0.4) is 0 Å². The smallest absolute Gasteiger partial charge is 0.404 e. The van der Waals surface area contributed by atoms with E-state index < -0.39 is 6.09 Å². The first kappa shape index (κ1) is 12.4. The number of nitrogens with one attached hydrogen (secondary N) is 2. The zero-order valence-corrected chi connectivity index (χ0v) is 9.85. The molecule has 8 heteroatoms. The topological polar surface area (TPSA) is 128 Å². The second-order valence-corrected chi connectivity index (χ2v) is 4.01. The van der Waals surface area contributed by atoms with Gasteiger partial charge in [-0.15, -0.1) is 0 Å². The van der Waals surface area contributed by atoms with E-state index in [1.165, 1.54) is 0 Å². The SMILES string of the molecule is NNc1cc(NCCOC(N)=O)nc(C2CC2)n1. The van der Waals surface area contributed by atoms with Crippen molar-refractivity contribution < 1.29 is 9.53 Å². The van der Waals surface area contributed by atoms with Crippen molar-refractivity contribution >= 4 is 17.7 Å². The molecule has 8 nitrogen and oxygen atoms in total. The van der Waals surface area contributed by atoms with Crippen LogP contribution in [0.4, 0.5) is 16.4 Å². The van der Waals surface area contributed by atoms with Crippen LogP contribution in [0.25, 0.3) is 0 Å². The Bertz CT molecular complexity index is 434. The molecule has 0 aromatic carbocycles. The Labute approximate surface area is 104 Å². The van der Waals surface area contributed by atoms with Crippen molar-refractivity contribution in [2.24, 2.45) is 11.6 Å². The molecule has 18 heavy (non-hydrogen) atoms. The summed E-state index contributed by atoms with van der Waals surface area (Å²) in [6, 6.07) is 1.69. The number of rotatable bonds is 6. The van der Waals surface area contributed by atoms with Crippen molar-refractivity contribution in [3.8, 4) is 0 Å². The summed E-state index contributed by atoms with van der Waals surface area (Å²) in [6.07, 6.45) is 1.43. The number of nitrogens with two attached hydrogens (primary N) is 2. The third-order valence-corrected chi connectivity index (χ3v) is 2.49. The van der Waals surface area contributed by atoms with Crippen LogP contribution >= 0.6 is 0 Å². The Balaban J connectivity index is 1.93. The first-order valence-electron chi connectivity index (χ1n) is 5.70. The quantitative estimate of drug-likeness (QED) is 0.322. The molecule has 0 radical (unpaired) electrons. The number of nitrogen functional groups attached to an aromatic ring is 1. The van der Waals surface area contributed by atoms with Crippen molar-refractivity contribution in [3.63, 3.8) is 0 Å². The minimum Gasteiger partial charge on any atom is -0.448 e. The average molecular weight is 252 g/mol. The molecule has 1 fully saturated rings. The molecule has 0 spiro atoms. The van der Waals surface area contributed by atoms with E-state index in [1.807, 2.05) is 0 Å². The summed E-state index contributed by atoms with van der Waals surface area (Å²) in [5, 5.41) is 3.02. The van der Waals surface area contributed by atoms with E-state index in [0.29, 0.717) is 24.1 Å². The van der Waals surface area contributed by atoms with Crippen molar-refractivity contribution in [2.45, 2.75) is 18.8 Å². The number of amides is 1. The summed E-state index contributed by atoms with van der Waals surface area (Å²) in [5.41, 5.74) is 7.35. The molecule has 0 saturated heterocycles. The molecule has 1 saturated carbocycles. The van der Waals surface area contributed by atoms with Gasteiger partial charge in [0.25, 0.3) is 0 Å². The Morgan fingerprint density at radius 3 is 2.78 bits per heavy atom. The Morgan fingerprint density at radius 1 is 1.44 bits per heavy atom. The summed E-state index contributed by atoms with van der Waals surface area (Å²) < 4.78 is 4.60. The molecule has 6 N–H and O–H groups in total. The molecule has 0 bridgehead atoms. The lowest BCUT2D eigenvalue weighted by atomic mass is 10.4. The second-order valence-electron chi connectivity index (χ2n) is 4.01. The number of hydrogen-bond donors (Lipinski definition) is 4. The van der Waals surface area contributed by atoms with E-state index in [9.17, 15) is 4.79 Å². The number of carbonyl (C=O) groups is 1. The third kappa shape index (κ3) is 3.45. The number of hydrazine groups is 1. The predicted molar refractivity (Wildman–Crippen MR) is 65.8 cm³/mol. The van der Waals surface area contributed by atoms with Gasteiger partial charge in [-0.3, -0.25) is 0 Å². The van der Waals surface area contributed by atoms with Crippen LogP contribution in [0.1, 0.15) is 24.6 Å². The average Bonchev–Trinajstić information content (AvgIpc) is 3.18. The van der Waals surface area contributed by atoms with E-state index >= 15 is 0 Å². The van der Waals surface area contributed by atoms with Crippen LogP contribution in [0.5, 0.6) is 0 Å². The zero-order valence-electron chi connectivity index (χ0n) is 9.85. The van der Waals surface area contributed by atoms with Gasteiger partial charge in [-0.2, -0.15) is 0 Å². The van der Waals surface area contributed by atoms with Gasteiger partial charge in [0.1, 0.15) is 24.1 Å². The fourth-order valence-electron chi connectivity index (χ4n) is 1.49. The molecular weight excluding hydrogens is 236 g/mol. The van der Waals surface area contributed by atoms with Crippen LogP contribution in [-0.4, -0.2) is 29.2 Å². The van der Waals surface area contributed by atoms with Crippen LogP contribution < -0.4 is 22.3 Å². The highest BCUT2D eigenvalue weighted by molar-refractivity contribution is 5.64. The zero-order chi connectivity index (χ0) is 13.0. The molecule has 1 aromatic heterocycles. The lowest BCUT2D eigenvalue weighted by Gasteiger charge is -2.09. The maximum absolute atomic E-state index is 10.4. The minimum absolute atomic E-state index is 0.184. The van der Waals surface area contributed by atoms with E-state index in [4.69, 9.17) is 11.6 Å². The highest BCUT2D eigenvalue weighted by Gasteiger charge is 2.27. The molecule has 1 aromatic rings. The molecule has 0 aliphatic heterocycles. The van der Waals surface area contributed by atoms with Gasteiger partial charge in [-0.25, -0.2) is 20.6 Å². The lowest BCUT2D eigenvalue weighted by molar-refractivity contribution is 0.161. The molecule has 0 atom stereocenters. The normalized spacial score (nSPS) is 14.1. The molecule has 1 heterocycles. The number of hydrogen-bond acceptors (Lipinski definition) is 7. The molecule has 0 unspecified atom stereocenters. The summed E-state index contributed by atoms with van der Waals surface area (Å²) in [5.74, 6) is 7.77. The summed E-state index contributed by atoms with van der Waals surface area (Å²) in [7, 11) is 0. The molecule has 1 aliphatic carbocycles. The number of aromatic nitrogens is 2. The standard InChI is InChI=1S/C10H16N6O2/c11-10(17)18-4-3-13-7-5-8(16-12)15-9(14-7)6-1-2-6/h5-6H,1-4,12H2,(H2,11,17)(H2,13,14,15,16). The molecule has 1 aliphatic rings. The number of ether oxygens (including phenoxy) is 1. The first-order chi connectivity index (χ1) is 8.69. The van der Waals surface area contributed by atoms with E-state index in [-0.39, 0.29) is 6.61 Å².